The number of ether oxygens (including phenoxy) is 2. The Bertz CT molecular complexity index is 1420. The number of benzene rings is 3. The number of urea groups is 1. The lowest BCUT2D eigenvalue weighted by Crippen LogP contribution is -2.54. The molecular weight excluding hydrogens is 550 g/mol. The normalized spacial score (nSPS) is 14.8. The van der Waals surface area contributed by atoms with E-state index in [0.717, 1.165) is 4.90 Å². The van der Waals surface area contributed by atoms with E-state index in [9.17, 15) is 14.4 Å². The molecular formula is C25H16Cl4N2O5. The van der Waals surface area contributed by atoms with Crippen molar-refractivity contribution in [2.75, 3.05) is 12.0 Å². The Hall–Kier alpha value is -3.23. The van der Waals surface area contributed by atoms with Crippen molar-refractivity contribution in [2.45, 2.75) is 6.61 Å². The van der Waals surface area contributed by atoms with E-state index in [1.807, 2.05) is 0 Å². The number of rotatable bonds is 6. The fraction of sp³-hybridized carbons (Fsp3) is 0.0800. The van der Waals surface area contributed by atoms with Crippen LogP contribution in [0.3, 0.4) is 0 Å². The van der Waals surface area contributed by atoms with Gasteiger partial charge in [0.05, 0.1) is 22.8 Å². The molecule has 0 radical (unpaired) electrons. The van der Waals surface area contributed by atoms with Crippen LogP contribution in [0.5, 0.6) is 11.5 Å². The van der Waals surface area contributed by atoms with E-state index < -0.39 is 17.8 Å². The number of halogens is 4. The van der Waals surface area contributed by atoms with Crippen LogP contribution in [0.25, 0.3) is 6.08 Å². The second-order valence-corrected chi connectivity index (χ2v) is 9.13. The molecule has 1 heterocycles. The van der Waals surface area contributed by atoms with E-state index >= 15 is 0 Å². The summed E-state index contributed by atoms with van der Waals surface area (Å²) in [6, 6.07) is 13.4. The summed E-state index contributed by atoms with van der Waals surface area (Å²) in [5.41, 5.74) is 0.884. The van der Waals surface area contributed by atoms with E-state index in [4.69, 9.17) is 55.9 Å². The summed E-state index contributed by atoms with van der Waals surface area (Å²) in [5.74, 6) is -1.22. The molecule has 1 aliphatic heterocycles. The number of barbiturate groups is 1. The first kappa shape index (κ1) is 25.9. The van der Waals surface area contributed by atoms with Crippen LogP contribution in [-0.2, 0) is 16.2 Å². The van der Waals surface area contributed by atoms with E-state index in [1.54, 1.807) is 30.3 Å². The summed E-state index contributed by atoms with van der Waals surface area (Å²) in [4.78, 5) is 38.8. The van der Waals surface area contributed by atoms with Crippen LogP contribution in [-0.4, -0.2) is 25.0 Å². The van der Waals surface area contributed by atoms with Crippen molar-refractivity contribution < 1.29 is 23.9 Å². The van der Waals surface area contributed by atoms with E-state index in [1.165, 1.54) is 37.5 Å². The van der Waals surface area contributed by atoms with Crippen molar-refractivity contribution in [2.24, 2.45) is 0 Å². The largest absolute Gasteiger partial charge is 0.493 e. The molecule has 11 heteroatoms. The Labute approximate surface area is 226 Å². The second kappa shape index (κ2) is 10.8. The lowest BCUT2D eigenvalue weighted by atomic mass is 10.1. The molecule has 3 aromatic carbocycles. The molecule has 4 rings (SSSR count). The first-order valence-corrected chi connectivity index (χ1v) is 11.8. The van der Waals surface area contributed by atoms with Gasteiger partial charge in [0.25, 0.3) is 11.8 Å². The van der Waals surface area contributed by atoms with Crippen LogP contribution >= 0.6 is 46.4 Å². The quantitative estimate of drug-likeness (QED) is 0.270. The van der Waals surface area contributed by atoms with Crippen LogP contribution in [0, 0.1) is 0 Å². The minimum atomic E-state index is -0.907. The molecule has 184 valence electrons. The third kappa shape index (κ3) is 5.29. The molecule has 0 unspecified atom stereocenters. The van der Waals surface area contributed by atoms with Gasteiger partial charge in [-0.05, 0) is 48.0 Å². The van der Waals surface area contributed by atoms with Gasteiger partial charge in [-0.15, -0.1) is 0 Å². The van der Waals surface area contributed by atoms with Gasteiger partial charge in [-0.3, -0.25) is 14.9 Å². The number of anilines is 1. The average Bonchev–Trinajstić information content (AvgIpc) is 2.83. The highest BCUT2D eigenvalue weighted by molar-refractivity contribution is 6.42. The molecule has 1 fully saturated rings. The number of imide groups is 2. The molecule has 0 saturated carbocycles. The van der Waals surface area contributed by atoms with Gasteiger partial charge < -0.3 is 9.47 Å². The second-order valence-electron chi connectivity index (χ2n) is 7.47. The molecule has 0 spiro atoms. The van der Waals surface area contributed by atoms with Gasteiger partial charge in [-0.25, -0.2) is 9.69 Å². The van der Waals surface area contributed by atoms with Crippen molar-refractivity contribution in [3.05, 3.63) is 91.4 Å². The smallest absolute Gasteiger partial charge is 0.335 e. The zero-order valence-corrected chi connectivity index (χ0v) is 21.5. The van der Waals surface area contributed by atoms with Gasteiger partial charge in [-0.2, -0.15) is 0 Å². The maximum atomic E-state index is 13.1. The Morgan fingerprint density at radius 2 is 1.67 bits per heavy atom. The number of carbonyl (C=O) groups is 3. The van der Waals surface area contributed by atoms with Gasteiger partial charge in [0, 0.05) is 15.6 Å². The molecule has 3 aromatic rings. The van der Waals surface area contributed by atoms with Crippen molar-refractivity contribution in [1.82, 2.24) is 5.32 Å². The molecule has 1 aliphatic rings. The monoisotopic (exact) mass is 564 g/mol. The number of methoxy groups -OCH3 is 1. The maximum absolute atomic E-state index is 13.1. The number of hydrogen-bond donors (Lipinski definition) is 1. The van der Waals surface area contributed by atoms with E-state index in [2.05, 4.69) is 5.32 Å². The molecule has 0 bridgehead atoms. The fourth-order valence-corrected chi connectivity index (χ4v) is 4.38. The standard InChI is InChI=1S/C25H16Cl4N2O5/c1-35-21-10-13(9-19(29)22(21)36-12-14-6-7-15(26)11-18(14)28)8-16-23(32)30-25(34)31(24(16)33)20-5-3-2-4-17(20)27/h2-11H,12H2,1H3,(H,30,32,34)/b16-8+. The van der Waals surface area contributed by atoms with E-state index in [-0.39, 0.29) is 39.4 Å². The van der Waals surface area contributed by atoms with Crippen molar-refractivity contribution in [3.8, 4) is 11.5 Å². The SMILES string of the molecule is COc1cc(/C=C2\C(=O)NC(=O)N(c3ccccc3Cl)C2=O)cc(Cl)c1OCc1ccc(Cl)cc1Cl. The molecule has 4 amide bonds. The summed E-state index contributed by atoms with van der Waals surface area (Å²) in [6.45, 7) is 0.0856. The van der Waals surface area contributed by atoms with Crippen LogP contribution < -0.4 is 19.7 Å². The zero-order valence-electron chi connectivity index (χ0n) is 18.5. The molecule has 0 aliphatic carbocycles. The van der Waals surface area contributed by atoms with E-state index in [0.29, 0.717) is 21.2 Å². The first-order chi connectivity index (χ1) is 17.2. The van der Waals surface area contributed by atoms with Crippen molar-refractivity contribution >= 4 is 76.0 Å². The summed E-state index contributed by atoms with van der Waals surface area (Å²) in [5, 5.41) is 3.40. The van der Waals surface area contributed by atoms with Crippen LogP contribution in [0.1, 0.15) is 11.1 Å². The molecule has 36 heavy (non-hydrogen) atoms. The predicted octanol–water partition coefficient (Wildman–Crippen LogP) is 6.55. The average molecular weight is 566 g/mol. The Kier molecular flexibility index (Phi) is 7.76. The van der Waals surface area contributed by atoms with Gasteiger partial charge in [0.1, 0.15) is 12.2 Å². The molecule has 0 atom stereocenters. The number of nitrogens with one attached hydrogen (secondary N) is 1. The lowest BCUT2D eigenvalue weighted by molar-refractivity contribution is -0.122. The highest BCUT2D eigenvalue weighted by atomic mass is 35.5. The van der Waals surface area contributed by atoms with Gasteiger partial charge in [0.2, 0.25) is 0 Å². The van der Waals surface area contributed by atoms with Gasteiger partial charge in [0.15, 0.2) is 11.5 Å². The number of hydrogen-bond acceptors (Lipinski definition) is 5. The molecule has 1 saturated heterocycles. The summed E-state index contributed by atoms with van der Waals surface area (Å²) in [6.07, 6.45) is 1.29. The lowest BCUT2D eigenvalue weighted by Gasteiger charge is -2.27. The van der Waals surface area contributed by atoms with Crippen LogP contribution in [0.15, 0.2) is 60.2 Å². The Morgan fingerprint density at radius 3 is 2.36 bits per heavy atom. The predicted molar refractivity (Wildman–Crippen MR) is 139 cm³/mol. The topological polar surface area (TPSA) is 84.9 Å². The number of amides is 4. The third-order valence-electron chi connectivity index (χ3n) is 5.14. The third-order valence-corrected chi connectivity index (χ3v) is 6.33. The fourth-order valence-electron chi connectivity index (χ4n) is 3.43. The number of carbonyl (C=O) groups excluding carboxylic acids is 3. The molecule has 0 aromatic heterocycles. The molecule has 7 nitrogen and oxygen atoms in total. The summed E-state index contributed by atoms with van der Waals surface area (Å²) < 4.78 is 11.2. The first-order valence-electron chi connectivity index (χ1n) is 10.3. The highest BCUT2D eigenvalue weighted by Crippen LogP contribution is 2.38. The minimum absolute atomic E-state index is 0.0856. The highest BCUT2D eigenvalue weighted by Gasteiger charge is 2.37. The van der Waals surface area contributed by atoms with Crippen molar-refractivity contribution in [1.29, 1.82) is 0 Å². The number of nitrogens with zero attached hydrogens (tertiary/aromatic N) is 1. The zero-order chi connectivity index (χ0) is 26.0. The minimum Gasteiger partial charge on any atom is -0.493 e. The van der Waals surface area contributed by atoms with Crippen LogP contribution in [0.2, 0.25) is 20.1 Å². The molecule has 1 N–H and O–H groups in total. The number of para-hydroxylation sites is 1. The van der Waals surface area contributed by atoms with Crippen LogP contribution in [0.4, 0.5) is 10.5 Å². The Morgan fingerprint density at radius 1 is 0.917 bits per heavy atom. The summed E-state index contributed by atoms with van der Waals surface area (Å²) >= 11 is 24.7. The summed E-state index contributed by atoms with van der Waals surface area (Å²) in [7, 11) is 1.42. The van der Waals surface area contributed by atoms with Gasteiger partial charge in [-0.1, -0.05) is 64.6 Å². The maximum Gasteiger partial charge on any atom is 0.335 e. The Balaban J connectivity index is 1.65. The van der Waals surface area contributed by atoms with Crippen molar-refractivity contribution in [3.63, 3.8) is 0 Å². The van der Waals surface area contributed by atoms with Gasteiger partial charge >= 0.3 is 6.03 Å².